The van der Waals surface area contributed by atoms with E-state index < -0.39 is 47.9 Å². The molecule has 0 saturated heterocycles. The Morgan fingerprint density at radius 2 is 1.32 bits per heavy atom. The predicted molar refractivity (Wildman–Crippen MR) is 138 cm³/mol. The lowest BCUT2D eigenvalue weighted by atomic mass is 9.99. The van der Waals surface area contributed by atoms with Crippen LogP contribution in [0.5, 0.6) is 5.75 Å². The Balaban J connectivity index is 2.15. The van der Waals surface area contributed by atoms with Gasteiger partial charge in [-0.15, -0.1) is 0 Å². The second kappa shape index (κ2) is 14.0. The number of nitrogens with one attached hydrogen (secondary N) is 3. The Hall–Kier alpha value is -3.92. The lowest BCUT2D eigenvalue weighted by Crippen LogP contribution is -2.57. The molecule has 37 heavy (non-hydrogen) atoms. The van der Waals surface area contributed by atoms with E-state index in [4.69, 9.17) is 5.73 Å². The standard InChI is InChI=1S/C27H36N4O6/c1-4-16(2)23(28)26(35)29-17(3)24(33)30-21(14-18-8-6-5-7-9-18)25(34)31-22(27(36)37)15-19-10-12-20(32)13-11-19/h5-13,16-17,21-23,32H,4,14-15,28H2,1-3H3,(H,29,35)(H,30,33)(H,31,34)(H,36,37). The fourth-order valence-electron chi connectivity index (χ4n) is 3.58. The van der Waals surface area contributed by atoms with Crippen LogP contribution in [0.25, 0.3) is 0 Å². The fraction of sp³-hybridized carbons (Fsp3) is 0.407. The monoisotopic (exact) mass is 512 g/mol. The van der Waals surface area contributed by atoms with E-state index in [9.17, 15) is 29.4 Å². The van der Waals surface area contributed by atoms with Crippen LogP contribution in [-0.2, 0) is 32.0 Å². The number of nitrogens with two attached hydrogens (primary N) is 1. The fourth-order valence-corrected chi connectivity index (χ4v) is 3.58. The highest BCUT2D eigenvalue weighted by atomic mass is 16.4. The van der Waals surface area contributed by atoms with E-state index in [1.807, 2.05) is 19.9 Å². The molecular formula is C27H36N4O6. The Labute approximate surface area is 216 Å². The summed E-state index contributed by atoms with van der Waals surface area (Å²) in [6.45, 7) is 5.23. The van der Waals surface area contributed by atoms with Crippen LogP contribution in [0.2, 0.25) is 0 Å². The lowest BCUT2D eigenvalue weighted by molar-refractivity contribution is -0.142. The zero-order chi connectivity index (χ0) is 27.5. The summed E-state index contributed by atoms with van der Waals surface area (Å²) in [5.74, 6) is -3.04. The first kappa shape index (κ1) is 29.3. The third-order valence-electron chi connectivity index (χ3n) is 6.22. The topological polar surface area (TPSA) is 171 Å². The van der Waals surface area contributed by atoms with Gasteiger partial charge in [-0.1, -0.05) is 62.7 Å². The molecule has 3 amide bonds. The molecule has 0 radical (unpaired) electrons. The number of hydrogen-bond acceptors (Lipinski definition) is 6. The number of hydrogen-bond donors (Lipinski definition) is 6. The van der Waals surface area contributed by atoms with Crippen molar-refractivity contribution < 1.29 is 29.4 Å². The van der Waals surface area contributed by atoms with Crippen molar-refractivity contribution in [2.45, 2.75) is 64.2 Å². The van der Waals surface area contributed by atoms with Crippen LogP contribution in [0.1, 0.15) is 38.3 Å². The zero-order valence-corrected chi connectivity index (χ0v) is 21.3. The van der Waals surface area contributed by atoms with Crippen LogP contribution in [0.4, 0.5) is 0 Å². The van der Waals surface area contributed by atoms with Crippen molar-refractivity contribution in [3.63, 3.8) is 0 Å². The van der Waals surface area contributed by atoms with Gasteiger partial charge in [-0.05, 0) is 36.1 Å². The van der Waals surface area contributed by atoms with E-state index in [1.165, 1.54) is 19.1 Å². The largest absolute Gasteiger partial charge is 0.508 e. The van der Waals surface area contributed by atoms with Gasteiger partial charge in [-0.25, -0.2) is 4.79 Å². The minimum atomic E-state index is -1.27. The van der Waals surface area contributed by atoms with Crippen LogP contribution in [0.15, 0.2) is 54.6 Å². The van der Waals surface area contributed by atoms with Gasteiger partial charge in [0, 0.05) is 12.8 Å². The average molecular weight is 513 g/mol. The summed E-state index contributed by atoms with van der Waals surface area (Å²) in [4.78, 5) is 50.4. The summed E-state index contributed by atoms with van der Waals surface area (Å²) in [5, 5.41) is 26.9. The van der Waals surface area contributed by atoms with E-state index in [0.717, 1.165) is 5.56 Å². The second-order valence-electron chi connectivity index (χ2n) is 9.16. The molecule has 0 heterocycles. The van der Waals surface area contributed by atoms with E-state index in [0.29, 0.717) is 12.0 Å². The molecule has 2 aromatic rings. The number of carboxylic acids is 1. The molecule has 10 nitrogen and oxygen atoms in total. The molecule has 0 aromatic heterocycles. The first-order chi connectivity index (χ1) is 17.5. The minimum absolute atomic E-state index is 0.0205. The molecule has 0 fully saturated rings. The maximum Gasteiger partial charge on any atom is 0.326 e. The first-order valence-corrected chi connectivity index (χ1v) is 12.2. The number of phenols is 1. The molecule has 2 rings (SSSR count). The molecule has 5 unspecified atom stereocenters. The Kier molecular flexibility index (Phi) is 11.1. The summed E-state index contributed by atoms with van der Waals surface area (Å²) in [5.41, 5.74) is 7.30. The molecule has 0 aliphatic carbocycles. The molecule has 0 bridgehead atoms. The lowest BCUT2D eigenvalue weighted by Gasteiger charge is -2.24. The predicted octanol–water partition coefficient (Wildman–Crippen LogP) is 1.11. The Morgan fingerprint density at radius 1 is 0.784 bits per heavy atom. The molecule has 200 valence electrons. The summed E-state index contributed by atoms with van der Waals surface area (Å²) in [6.07, 6.45) is 0.785. The van der Waals surface area contributed by atoms with Gasteiger partial charge in [0.2, 0.25) is 17.7 Å². The van der Waals surface area contributed by atoms with Crippen LogP contribution in [-0.4, -0.2) is 58.1 Å². The van der Waals surface area contributed by atoms with E-state index in [2.05, 4.69) is 16.0 Å². The summed E-state index contributed by atoms with van der Waals surface area (Å²) >= 11 is 0. The number of aromatic hydroxyl groups is 1. The van der Waals surface area contributed by atoms with Crippen LogP contribution >= 0.6 is 0 Å². The van der Waals surface area contributed by atoms with Crippen LogP contribution < -0.4 is 21.7 Å². The molecule has 0 aliphatic rings. The van der Waals surface area contributed by atoms with Gasteiger partial charge in [0.25, 0.3) is 0 Å². The normalized spacial score (nSPS) is 14.9. The van der Waals surface area contributed by atoms with Gasteiger partial charge in [0.1, 0.15) is 23.9 Å². The van der Waals surface area contributed by atoms with Gasteiger partial charge in [-0.2, -0.15) is 0 Å². The maximum atomic E-state index is 13.2. The zero-order valence-electron chi connectivity index (χ0n) is 21.3. The number of rotatable bonds is 13. The Morgan fingerprint density at radius 3 is 1.89 bits per heavy atom. The second-order valence-corrected chi connectivity index (χ2v) is 9.16. The van der Waals surface area contributed by atoms with Crippen molar-refractivity contribution in [2.75, 3.05) is 0 Å². The third-order valence-corrected chi connectivity index (χ3v) is 6.22. The summed E-state index contributed by atoms with van der Waals surface area (Å²) < 4.78 is 0. The van der Waals surface area contributed by atoms with Crippen LogP contribution in [0.3, 0.4) is 0 Å². The number of carbonyl (C=O) groups excluding carboxylic acids is 3. The van der Waals surface area contributed by atoms with Crippen molar-refractivity contribution in [1.82, 2.24) is 16.0 Å². The van der Waals surface area contributed by atoms with Crippen molar-refractivity contribution >= 4 is 23.7 Å². The van der Waals surface area contributed by atoms with Gasteiger partial charge in [-0.3, -0.25) is 14.4 Å². The number of carboxylic acid groups (broad SMARTS) is 1. The van der Waals surface area contributed by atoms with Crippen molar-refractivity contribution in [2.24, 2.45) is 11.7 Å². The van der Waals surface area contributed by atoms with Gasteiger partial charge in [0.15, 0.2) is 0 Å². The van der Waals surface area contributed by atoms with Crippen LogP contribution in [0, 0.1) is 5.92 Å². The minimum Gasteiger partial charge on any atom is -0.508 e. The molecule has 5 atom stereocenters. The van der Waals surface area contributed by atoms with Gasteiger partial charge in [0.05, 0.1) is 6.04 Å². The summed E-state index contributed by atoms with van der Waals surface area (Å²) in [7, 11) is 0. The van der Waals surface area contributed by atoms with E-state index >= 15 is 0 Å². The highest BCUT2D eigenvalue weighted by Gasteiger charge is 2.29. The van der Waals surface area contributed by atoms with Crippen molar-refractivity contribution in [3.05, 3.63) is 65.7 Å². The number of aliphatic carboxylic acids is 1. The highest BCUT2D eigenvalue weighted by Crippen LogP contribution is 2.12. The Bertz CT molecular complexity index is 1060. The number of amides is 3. The molecule has 7 N–H and O–H groups in total. The van der Waals surface area contributed by atoms with E-state index in [-0.39, 0.29) is 24.5 Å². The van der Waals surface area contributed by atoms with E-state index in [1.54, 1.807) is 36.4 Å². The molecule has 0 saturated carbocycles. The van der Waals surface area contributed by atoms with Crippen molar-refractivity contribution in [1.29, 1.82) is 0 Å². The molecule has 10 heteroatoms. The third kappa shape index (κ3) is 9.23. The molecular weight excluding hydrogens is 476 g/mol. The average Bonchev–Trinajstić information content (AvgIpc) is 2.88. The molecule has 0 aliphatic heterocycles. The highest BCUT2D eigenvalue weighted by molar-refractivity contribution is 5.94. The van der Waals surface area contributed by atoms with Gasteiger partial charge < -0.3 is 31.9 Å². The number of carbonyl (C=O) groups is 4. The SMILES string of the molecule is CCC(C)C(N)C(=O)NC(C)C(=O)NC(Cc1ccccc1)C(=O)NC(Cc1ccc(O)cc1)C(=O)O. The quantitative estimate of drug-likeness (QED) is 0.233. The molecule has 0 spiro atoms. The number of phenolic OH excluding ortho intramolecular Hbond substituents is 1. The first-order valence-electron chi connectivity index (χ1n) is 12.2. The smallest absolute Gasteiger partial charge is 0.326 e. The summed E-state index contributed by atoms with van der Waals surface area (Å²) in [6, 6.07) is 10.8. The molecule has 2 aromatic carbocycles. The maximum absolute atomic E-state index is 13.2. The number of benzene rings is 2. The van der Waals surface area contributed by atoms with Gasteiger partial charge >= 0.3 is 5.97 Å². The van der Waals surface area contributed by atoms with Crippen molar-refractivity contribution in [3.8, 4) is 5.75 Å².